The maximum absolute atomic E-state index is 6.15. The van der Waals surface area contributed by atoms with Gasteiger partial charge in [0.1, 0.15) is 5.75 Å². The van der Waals surface area contributed by atoms with Gasteiger partial charge in [-0.3, -0.25) is 4.99 Å². The number of aryl methyl sites for hydroxylation is 1. The molecule has 0 amide bonds. The van der Waals surface area contributed by atoms with Gasteiger partial charge in [0.25, 0.3) is 0 Å². The predicted molar refractivity (Wildman–Crippen MR) is 142 cm³/mol. The molecule has 2 aromatic rings. The lowest BCUT2D eigenvalue weighted by molar-refractivity contribution is 0.166. The van der Waals surface area contributed by atoms with E-state index in [0.717, 1.165) is 66.9 Å². The van der Waals surface area contributed by atoms with Gasteiger partial charge in [-0.05, 0) is 49.1 Å². The molecule has 8 heteroatoms. The van der Waals surface area contributed by atoms with Crippen molar-refractivity contribution in [3.8, 4) is 17.2 Å². The number of hydrogen-bond acceptors (Lipinski definition) is 5. The van der Waals surface area contributed by atoms with Gasteiger partial charge in [-0.25, -0.2) is 0 Å². The summed E-state index contributed by atoms with van der Waals surface area (Å²) in [4.78, 5) is 4.34. The molecule has 2 aromatic carbocycles. The molecule has 182 valence electrons. The monoisotopic (exact) mass is 569 g/mol. The van der Waals surface area contributed by atoms with Crippen molar-refractivity contribution in [2.75, 3.05) is 47.6 Å². The lowest BCUT2D eigenvalue weighted by atomic mass is 10.1. The largest absolute Gasteiger partial charge is 0.493 e. The number of benzene rings is 2. The van der Waals surface area contributed by atoms with Crippen molar-refractivity contribution in [3.63, 3.8) is 0 Å². The minimum atomic E-state index is 0. The van der Waals surface area contributed by atoms with Crippen molar-refractivity contribution >= 4 is 29.9 Å². The number of hydrogen-bond donors (Lipinski definition) is 2. The van der Waals surface area contributed by atoms with Crippen LogP contribution in [0.5, 0.6) is 17.2 Å². The van der Waals surface area contributed by atoms with Crippen molar-refractivity contribution in [2.45, 2.75) is 26.3 Å². The van der Waals surface area contributed by atoms with Crippen LogP contribution in [0.1, 0.15) is 23.1 Å². The van der Waals surface area contributed by atoms with Gasteiger partial charge < -0.3 is 29.6 Å². The molecule has 1 aliphatic heterocycles. The first-order valence-electron chi connectivity index (χ1n) is 11.1. The van der Waals surface area contributed by atoms with E-state index >= 15 is 0 Å². The number of nitrogens with zero attached hydrogens (tertiary/aromatic N) is 1. The standard InChI is InChI=1S/C25H35N3O4.HI/c1-18-5-7-21(23(13-18)32-17-20-10-12-31-16-20)15-28-25(26-2)27-11-9-19-6-8-22(29-3)24(14-19)30-4;/h5-8,13-14,20H,9-12,15-17H2,1-4H3,(H2,26,27,28);1H. The Bertz CT molecular complexity index is 901. The molecule has 1 aliphatic rings. The molecule has 0 saturated carbocycles. The Morgan fingerprint density at radius 2 is 1.88 bits per heavy atom. The summed E-state index contributed by atoms with van der Waals surface area (Å²) in [7, 11) is 5.07. The molecule has 1 heterocycles. The van der Waals surface area contributed by atoms with Crippen LogP contribution in [0.25, 0.3) is 0 Å². The molecule has 0 aliphatic carbocycles. The first-order chi connectivity index (χ1) is 15.6. The van der Waals surface area contributed by atoms with Crippen LogP contribution in [0.15, 0.2) is 41.4 Å². The normalized spacial score (nSPS) is 15.5. The summed E-state index contributed by atoms with van der Waals surface area (Å²) >= 11 is 0. The summed E-state index contributed by atoms with van der Waals surface area (Å²) in [5.74, 6) is 3.62. The van der Waals surface area contributed by atoms with E-state index < -0.39 is 0 Å². The molecule has 3 rings (SSSR count). The zero-order valence-corrected chi connectivity index (χ0v) is 22.3. The number of halogens is 1. The Morgan fingerprint density at radius 3 is 2.58 bits per heavy atom. The van der Waals surface area contributed by atoms with E-state index in [2.05, 4.69) is 40.7 Å². The minimum absolute atomic E-state index is 0. The van der Waals surface area contributed by atoms with Crippen LogP contribution in [-0.2, 0) is 17.7 Å². The van der Waals surface area contributed by atoms with E-state index in [-0.39, 0.29) is 24.0 Å². The topological polar surface area (TPSA) is 73.3 Å². The molecule has 0 spiro atoms. The van der Waals surface area contributed by atoms with E-state index in [1.165, 1.54) is 5.56 Å². The number of rotatable bonds is 10. The molecule has 0 radical (unpaired) electrons. The summed E-state index contributed by atoms with van der Waals surface area (Å²) in [6.45, 7) is 5.77. The lowest BCUT2D eigenvalue weighted by Crippen LogP contribution is -2.38. The predicted octanol–water partition coefficient (Wildman–Crippen LogP) is 3.95. The molecule has 0 aromatic heterocycles. The summed E-state index contributed by atoms with van der Waals surface area (Å²) in [6, 6.07) is 12.3. The Hall–Kier alpha value is -2.20. The highest BCUT2D eigenvalue weighted by atomic mass is 127. The average molecular weight is 569 g/mol. The third-order valence-corrected chi connectivity index (χ3v) is 5.55. The molecular formula is C25H36IN3O4. The Morgan fingerprint density at radius 1 is 1.06 bits per heavy atom. The van der Waals surface area contributed by atoms with Crippen LogP contribution < -0.4 is 24.8 Å². The quantitative estimate of drug-likeness (QED) is 0.257. The molecule has 1 unspecified atom stereocenters. The van der Waals surface area contributed by atoms with Crippen LogP contribution in [0.4, 0.5) is 0 Å². The highest BCUT2D eigenvalue weighted by Crippen LogP contribution is 2.27. The van der Waals surface area contributed by atoms with E-state index in [0.29, 0.717) is 19.1 Å². The second-order valence-corrected chi connectivity index (χ2v) is 7.94. The SMILES string of the molecule is CN=C(NCCc1ccc(OC)c(OC)c1)NCc1ccc(C)cc1OCC1CCOC1.I. The van der Waals surface area contributed by atoms with Crippen LogP contribution in [-0.4, -0.2) is 53.6 Å². The zero-order valence-electron chi connectivity index (χ0n) is 20.0. The number of aliphatic imine (C=N–C) groups is 1. The van der Waals surface area contributed by atoms with Crippen molar-refractivity contribution in [1.82, 2.24) is 10.6 Å². The Kier molecular flexibility index (Phi) is 11.6. The van der Waals surface area contributed by atoms with Gasteiger partial charge in [0.2, 0.25) is 0 Å². The van der Waals surface area contributed by atoms with Gasteiger partial charge in [-0.15, -0.1) is 24.0 Å². The highest BCUT2D eigenvalue weighted by molar-refractivity contribution is 14.0. The summed E-state index contributed by atoms with van der Waals surface area (Å²) in [5.41, 5.74) is 3.46. The smallest absolute Gasteiger partial charge is 0.191 e. The van der Waals surface area contributed by atoms with Crippen molar-refractivity contribution in [1.29, 1.82) is 0 Å². The van der Waals surface area contributed by atoms with Gasteiger partial charge in [0.05, 0.1) is 27.4 Å². The molecule has 0 bridgehead atoms. The Labute approximate surface area is 214 Å². The van der Waals surface area contributed by atoms with E-state index in [1.807, 2.05) is 18.2 Å². The van der Waals surface area contributed by atoms with E-state index in [1.54, 1.807) is 21.3 Å². The molecule has 33 heavy (non-hydrogen) atoms. The fourth-order valence-electron chi connectivity index (χ4n) is 3.63. The van der Waals surface area contributed by atoms with E-state index in [9.17, 15) is 0 Å². The second kappa shape index (κ2) is 14.1. The lowest BCUT2D eigenvalue weighted by Gasteiger charge is -2.17. The van der Waals surface area contributed by atoms with Gasteiger partial charge in [0, 0.05) is 38.2 Å². The fraction of sp³-hybridized carbons (Fsp3) is 0.480. The molecule has 7 nitrogen and oxygen atoms in total. The number of nitrogens with one attached hydrogen (secondary N) is 2. The molecular weight excluding hydrogens is 533 g/mol. The highest BCUT2D eigenvalue weighted by Gasteiger charge is 2.17. The third kappa shape index (κ3) is 8.26. The van der Waals surface area contributed by atoms with Crippen molar-refractivity contribution in [3.05, 3.63) is 53.1 Å². The van der Waals surface area contributed by atoms with Crippen molar-refractivity contribution in [2.24, 2.45) is 10.9 Å². The molecule has 2 N–H and O–H groups in total. The molecule has 1 atom stereocenters. The average Bonchev–Trinajstić information content (AvgIpc) is 3.34. The van der Waals surface area contributed by atoms with Crippen LogP contribution in [0.3, 0.4) is 0 Å². The summed E-state index contributed by atoms with van der Waals surface area (Å²) in [6.07, 6.45) is 1.90. The van der Waals surface area contributed by atoms with Crippen LogP contribution in [0, 0.1) is 12.8 Å². The zero-order chi connectivity index (χ0) is 22.8. The molecule has 1 saturated heterocycles. The van der Waals surface area contributed by atoms with Crippen molar-refractivity contribution < 1.29 is 18.9 Å². The van der Waals surface area contributed by atoms with Crippen LogP contribution in [0.2, 0.25) is 0 Å². The number of ether oxygens (including phenoxy) is 4. The maximum Gasteiger partial charge on any atom is 0.191 e. The fourth-order valence-corrected chi connectivity index (χ4v) is 3.63. The Balaban J connectivity index is 0.00000385. The van der Waals surface area contributed by atoms with Gasteiger partial charge in [-0.2, -0.15) is 0 Å². The van der Waals surface area contributed by atoms with Gasteiger partial charge in [-0.1, -0.05) is 18.2 Å². The van der Waals surface area contributed by atoms with Crippen LogP contribution >= 0.6 is 24.0 Å². The van der Waals surface area contributed by atoms with Gasteiger partial charge >= 0.3 is 0 Å². The number of methoxy groups -OCH3 is 2. The summed E-state index contributed by atoms with van der Waals surface area (Å²) < 4.78 is 22.3. The first-order valence-corrected chi connectivity index (χ1v) is 11.1. The molecule has 1 fully saturated rings. The summed E-state index contributed by atoms with van der Waals surface area (Å²) in [5, 5.41) is 6.76. The second-order valence-electron chi connectivity index (χ2n) is 7.94. The number of guanidine groups is 1. The van der Waals surface area contributed by atoms with E-state index in [4.69, 9.17) is 18.9 Å². The first kappa shape index (κ1) is 27.0. The van der Waals surface area contributed by atoms with Gasteiger partial charge in [0.15, 0.2) is 17.5 Å². The minimum Gasteiger partial charge on any atom is -0.493 e. The maximum atomic E-state index is 6.15. The third-order valence-electron chi connectivity index (χ3n) is 5.55.